The van der Waals surface area contributed by atoms with Crippen LogP contribution in [0.3, 0.4) is 0 Å². The molecule has 1 aliphatic carbocycles. The van der Waals surface area contributed by atoms with Crippen molar-refractivity contribution in [1.82, 2.24) is 5.32 Å². The summed E-state index contributed by atoms with van der Waals surface area (Å²) in [4.78, 5) is 24.3. The Kier molecular flexibility index (Phi) is 9.45. The summed E-state index contributed by atoms with van der Waals surface area (Å²) in [6.45, 7) is 0.258. The fourth-order valence-corrected chi connectivity index (χ4v) is 3.78. The van der Waals surface area contributed by atoms with Crippen molar-refractivity contribution in [2.24, 2.45) is 0 Å². The van der Waals surface area contributed by atoms with Gasteiger partial charge in [-0.05, 0) is 37.5 Å². The minimum absolute atomic E-state index is 0.120. The number of aliphatic hydroxyl groups is 4. The number of unbranched alkanes of at least 4 members (excludes halogenated alkanes) is 7. The lowest BCUT2D eigenvalue weighted by molar-refractivity contribution is -0.196. The second kappa shape index (κ2) is 11.6. The molecule has 2 rings (SSSR count). The summed E-state index contributed by atoms with van der Waals surface area (Å²) in [6.07, 6.45) is 9.30. The minimum atomic E-state index is -1.74. The van der Waals surface area contributed by atoms with E-state index in [1.54, 1.807) is 6.08 Å². The van der Waals surface area contributed by atoms with Crippen LogP contribution < -0.4 is 5.32 Å². The summed E-state index contributed by atoms with van der Waals surface area (Å²) in [6, 6.07) is -0.858. The molecule has 29 heavy (non-hydrogen) atoms. The molecule has 5 atom stereocenters. The predicted octanol–water partition coefficient (Wildman–Crippen LogP) is 0.479. The number of rotatable bonds is 11. The molecule has 0 aromatic heterocycles. The topological polar surface area (TPSA) is 136 Å². The third kappa shape index (κ3) is 6.45. The van der Waals surface area contributed by atoms with Gasteiger partial charge >= 0.3 is 0 Å². The highest BCUT2D eigenvalue weighted by molar-refractivity contribution is 5.99. The number of carbonyl (C=O) groups excluding carboxylic acids is 2. The summed E-state index contributed by atoms with van der Waals surface area (Å²) < 4.78 is 5.30. The van der Waals surface area contributed by atoms with Gasteiger partial charge in [-0.3, -0.25) is 9.59 Å². The molecule has 1 amide bonds. The van der Waals surface area contributed by atoms with Crippen LogP contribution in [0, 0.1) is 0 Å². The molecule has 0 radical (unpaired) electrons. The van der Waals surface area contributed by atoms with Crippen LogP contribution in [0.1, 0.15) is 57.8 Å². The van der Waals surface area contributed by atoms with Crippen LogP contribution >= 0.6 is 0 Å². The maximum atomic E-state index is 12.2. The highest BCUT2D eigenvalue weighted by Crippen LogP contribution is 2.37. The molecule has 1 fully saturated rings. The normalized spacial score (nSPS) is 31.8. The number of carbonyl (C=O) groups is 2. The lowest BCUT2D eigenvalue weighted by Crippen LogP contribution is -2.56. The Morgan fingerprint density at radius 2 is 1.79 bits per heavy atom. The van der Waals surface area contributed by atoms with Crippen molar-refractivity contribution in [3.63, 3.8) is 0 Å². The molecule has 0 aromatic rings. The number of allylic oxidation sites excluding steroid dienone is 1. The highest BCUT2D eigenvalue weighted by atomic mass is 16.6. The van der Waals surface area contributed by atoms with E-state index in [-0.39, 0.29) is 13.0 Å². The van der Waals surface area contributed by atoms with E-state index in [4.69, 9.17) is 9.84 Å². The van der Waals surface area contributed by atoms with E-state index in [2.05, 4.69) is 5.32 Å². The number of hydrogen-bond donors (Lipinski definition) is 5. The van der Waals surface area contributed by atoms with Crippen LogP contribution in [0.2, 0.25) is 0 Å². The third-order valence-corrected chi connectivity index (χ3v) is 5.49. The van der Waals surface area contributed by atoms with Gasteiger partial charge in [-0.25, -0.2) is 0 Å². The molecular weight excluding hydrogens is 378 g/mol. The third-order valence-electron chi connectivity index (χ3n) is 5.49. The molecule has 8 nitrogen and oxygen atoms in total. The molecule has 2 unspecified atom stereocenters. The molecule has 0 saturated carbocycles. The van der Waals surface area contributed by atoms with Gasteiger partial charge in [0.25, 0.3) is 0 Å². The second-order valence-corrected chi connectivity index (χ2v) is 7.77. The molecule has 5 N–H and O–H groups in total. The summed E-state index contributed by atoms with van der Waals surface area (Å²) in [7, 11) is 0. The fraction of sp³-hybridized carbons (Fsp3) is 0.714. The van der Waals surface area contributed by atoms with Crippen LogP contribution in [-0.2, 0) is 14.3 Å². The zero-order valence-corrected chi connectivity index (χ0v) is 16.7. The summed E-state index contributed by atoms with van der Waals surface area (Å²) in [5.74, 6) is -0.953. The standard InChI is InChI=1S/C21H33NO7/c23-13-9-7-5-3-1-2-4-6-8-10-18(26)22-15-14-21(29-20(15)28)17(25)12-11-16(24)19(21)27/h8,10-12,15-16,19-20,23-24,27-28H,1-7,9,13-14H2,(H,22,26)/b10-8+/t15-,16?,19?,20+,21+/m0/s1. The van der Waals surface area contributed by atoms with Gasteiger partial charge in [0, 0.05) is 13.0 Å². The average molecular weight is 411 g/mol. The average Bonchev–Trinajstić information content (AvgIpc) is 3.02. The number of nitrogens with one attached hydrogen (secondary N) is 1. The van der Waals surface area contributed by atoms with Crippen LogP contribution in [0.25, 0.3) is 0 Å². The van der Waals surface area contributed by atoms with Gasteiger partial charge in [0.05, 0.1) is 6.04 Å². The van der Waals surface area contributed by atoms with Crippen molar-refractivity contribution in [3.8, 4) is 0 Å². The molecule has 1 aliphatic heterocycles. The molecule has 1 heterocycles. The number of ketones is 1. The van der Waals surface area contributed by atoms with Gasteiger partial charge in [-0.1, -0.05) is 38.2 Å². The van der Waals surface area contributed by atoms with Crippen molar-refractivity contribution in [3.05, 3.63) is 24.3 Å². The Hall–Kier alpha value is -1.58. The van der Waals surface area contributed by atoms with E-state index < -0.39 is 41.8 Å². The van der Waals surface area contributed by atoms with Crippen LogP contribution in [0.5, 0.6) is 0 Å². The number of hydrogen-bond acceptors (Lipinski definition) is 7. The van der Waals surface area contributed by atoms with Crippen molar-refractivity contribution in [2.75, 3.05) is 6.61 Å². The van der Waals surface area contributed by atoms with E-state index >= 15 is 0 Å². The smallest absolute Gasteiger partial charge is 0.244 e. The Bertz CT molecular complexity index is 606. The minimum Gasteiger partial charge on any atom is -0.396 e. The first-order valence-corrected chi connectivity index (χ1v) is 10.4. The fourth-order valence-electron chi connectivity index (χ4n) is 3.78. The molecular formula is C21H33NO7. The van der Waals surface area contributed by atoms with Crippen molar-refractivity contribution in [1.29, 1.82) is 0 Å². The van der Waals surface area contributed by atoms with E-state index in [1.807, 2.05) is 0 Å². The highest BCUT2D eigenvalue weighted by Gasteiger charge is 2.58. The Morgan fingerprint density at radius 3 is 2.48 bits per heavy atom. The second-order valence-electron chi connectivity index (χ2n) is 7.77. The van der Waals surface area contributed by atoms with Crippen molar-refractivity contribution < 1.29 is 34.8 Å². The summed E-state index contributed by atoms with van der Waals surface area (Å²) >= 11 is 0. The zero-order valence-electron chi connectivity index (χ0n) is 16.7. The van der Waals surface area contributed by atoms with Gasteiger partial charge in [0.15, 0.2) is 17.7 Å². The molecule has 164 valence electrons. The molecule has 1 saturated heterocycles. The SMILES string of the molecule is O=C(/C=C/CCCCCCCCCO)N[C@H]1C[C@@]2(O[C@H]1O)C(=O)C=CC(O)C2O. The maximum Gasteiger partial charge on any atom is 0.244 e. The van der Waals surface area contributed by atoms with Gasteiger partial charge in [0.1, 0.15) is 12.2 Å². The zero-order chi connectivity index (χ0) is 21.3. The van der Waals surface area contributed by atoms with Gasteiger partial charge in [-0.2, -0.15) is 0 Å². The van der Waals surface area contributed by atoms with Gasteiger partial charge in [-0.15, -0.1) is 0 Å². The van der Waals surface area contributed by atoms with Crippen molar-refractivity contribution >= 4 is 11.7 Å². The lowest BCUT2D eigenvalue weighted by Gasteiger charge is -2.35. The molecule has 0 bridgehead atoms. The molecule has 8 heteroatoms. The van der Waals surface area contributed by atoms with Crippen LogP contribution in [0.4, 0.5) is 0 Å². The number of ether oxygens (including phenoxy) is 1. The van der Waals surface area contributed by atoms with E-state index in [0.29, 0.717) is 0 Å². The quantitative estimate of drug-likeness (QED) is 0.246. The van der Waals surface area contributed by atoms with E-state index in [0.717, 1.165) is 57.4 Å². The number of amides is 1. The van der Waals surface area contributed by atoms with E-state index in [9.17, 15) is 24.9 Å². The van der Waals surface area contributed by atoms with Crippen LogP contribution in [0.15, 0.2) is 24.3 Å². The first-order chi connectivity index (χ1) is 13.9. The van der Waals surface area contributed by atoms with Crippen molar-refractivity contribution in [2.45, 2.75) is 87.9 Å². The monoisotopic (exact) mass is 411 g/mol. The van der Waals surface area contributed by atoms with Gasteiger partial charge in [0.2, 0.25) is 5.91 Å². The summed E-state index contributed by atoms with van der Waals surface area (Å²) in [5, 5.41) is 41.3. The molecule has 1 spiro atoms. The first kappa shape index (κ1) is 23.7. The Labute approximate surface area is 171 Å². The molecule has 2 aliphatic rings. The first-order valence-electron chi connectivity index (χ1n) is 10.4. The van der Waals surface area contributed by atoms with Crippen LogP contribution in [-0.4, -0.2) is 68.9 Å². The van der Waals surface area contributed by atoms with E-state index in [1.165, 1.54) is 12.2 Å². The molecule has 0 aromatic carbocycles. The number of aliphatic hydroxyl groups excluding tert-OH is 4. The lowest BCUT2D eigenvalue weighted by atomic mass is 9.80. The largest absolute Gasteiger partial charge is 0.396 e. The Balaban J connectivity index is 1.69. The van der Waals surface area contributed by atoms with Gasteiger partial charge < -0.3 is 30.5 Å². The Morgan fingerprint density at radius 1 is 1.14 bits per heavy atom. The summed E-state index contributed by atoms with van der Waals surface area (Å²) in [5.41, 5.74) is -1.74. The maximum absolute atomic E-state index is 12.2. The predicted molar refractivity (Wildman–Crippen MR) is 106 cm³/mol.